The highest BCUT2D eigenvalue weighted by Gasteiger charge is 2.18. The lowest BCUT2D eigenvalue weighted by atomic mass is 10.0. The van der Waals surface area contributed by atoms with E-state index >= 15 is 0 Å². The summed E-state index contributed by atoms with van der Waals surface area (Å²) in [4.78, 5) is 0. The number of hydrogen-bond donors (Lipinski definition) is 2. The standard InChI is InChI=1S/C16H19ClN2O2/c1-20-15-9-5-6-11(16(15)21-2)14(10-18)19-13-8-4-3-7-12(13)17/h3-9,14,19H,10,18H2,1-2H3. The minimum Gasteiger partial charge on any atom is -0.493 e. The largest absolute Gasteiger partial charge is 0.493 e. The number of nitrogens with two attached hydrogens (primary N) is 1. The summed E-state index contributed by atoms with van der Waals surface area (Å²) in [6.45, 7) is 0.398. The average Bonchev–Trinajstić information content (AvgIpc) is 2.53. The summed E-state index contributed by atoms with van der Waals surface area (Å²) in [6.07, 6.45) is 0. The number of anilines is 1. The molecule has 0 heterocycles. The van der Waals surface area contributed by atoms with Gasteiger partial charge < -0.3 is 20.5 Å². The fourth-order valence-electron chi connectivity index (χ4n) is 2.22. The van der Waals surface area contributed by atoms with Gasteiger partial charge in [-0.3, -0.25) is 0 Å². The third kappa shape index (κ3) is 3.40. The lowest BCUT2D eigenvalue weighted by molar-refractivity contribution is 0.350. The van der Waals surface area contributed by atoms with Gasteiger partial charge in [0, 0.05) is 12.1 Å². The van der Waals surface area contributed by atoms with Crippen molar-refractivity contribution in [3.63, 3.8) is 0 Å². The first-order valence-corrected chi connectivity index (χ1v) is 7.01. The van der Waals surface area contributed by atoms with E-state index in [1.54, 1.807) is 14.2 Å². The van der Waals surface area contributed by atoms with Crippen LogP contribution in [0.5, 0.6) is 11.5 Å². The van der Waals surface area contributed by atoms with Crippen molar-refractivity contribution in [1.82, 2.24) is 0 Å². The van der Waals surface area contributed by atoms with E-state index in [2.05, 4.69) is 5.32 Å². The number of halogens is 1. The molecule has 0 aliphatic carbocycles. The van der Waals surface area contributed by atoms with Crippen LogP contribution in [0, 0.1) is 0 Å². The maximum atomic E-state index is 6.19. The van der Waals surface area contributed by atoms with Crippen molar-refractivity contribution < 1.29 is 9.47 Å². The van der Waals surface area contributed by atoms with Crippen LogP contribution >= 0.6 is 11.6 Å². The van der Waals surface area contributed by atoms with Crippen LogP contribution in [0.15, 0.2) is 42.5 Å². The second-order valence-corrected chi connectivity index (χ2v) is 4.90. The topological polar surface area (TPSA) is 56.5 Å². The van der Waals surface area contributed by atoms with Gasteiger partial charge in [-0.05, 0) is 18.2 Å². The molecule has 1 unspecified atom stereocenters. The predicted molar refractivity (Wildman–Crippen MR) is 86.4 cm³/mol. The van der Waals surface area contributed by atoms with Crippen molar-refractivity contribution in [1.29, 1.82) is 0 Å². The van der Waals surface area contributed by atoms with Crippen molar-refractivity contribution in [3.8, 4) is 11.5 Å². The summed E-state index contributed by atoms with van der Waals surface area (Å²) in [5, 5.41) is 4.00. The number of methoxy groups -OCH3 is 2. The molecule has 0 fully saturated rings. The van der Waals surface area contributed by atoms with E-state index in [4.69, 9.17) is 26.8 Å². The zero-order valence-corrected chi connectivity index (χ0v) is 12.9. The van der Waals surface area contributed by atoms with Crippen LogP contribution in [-0.2, 0) is 0 Å². The fraction of sp³-hybridized carbons (Fsp3) is 0.250. The molecule has 21 heavy (non-hydrogen) atoms. The summed E-state index contributed by atoms with van der Waals surface area (Å²) in [5.74, 6) is 1.35. The fourth-order valence-corrected chi connectivity index (χ4v) is 2.41. The van der Waals surface area contributed by atoms with Gasteiger partial charge in [0.25, 0.3) is 0 Å². The monoisotopic (exact) mass is 306 g/mol. The summed E-state index contributed by atoms with van der Waals surface area (Å²) in [5.41, 5.74) is 7.68. The molecule has 0 aliphatic heterocycles. The summed E-state index contributed by atoms with van der Waals surface area (Å²) >= 11 is 6.19. The van der Waals surface area contributed by atoms with E-state index < -0.39 is 0 Å². The third-order valence-corrected chi connectivity index (χ3v) is 3.58. The van der Waals surface area contributed by atoms with E-state index in [0.717, 1.165) is 11.3 Å². The number of para-hydroxylation sites is 2. The molecule has 3 N–H and O–H groups in total. The van der Waals surface area contributed by atoms with Crippen molar-refractivity contribution in [2.75, 3.05) is 26.1 Å². The Morgan fingerprint density at radius 1 is 1.10 bits per heavy atom. The molecule has 0 spiro atoms. The summed E-state index contributed by atoms with van der Waals surface area (Å²) in [7, 11) is 3.23. The van der Waals surface area contributed by atoms with Gasteiger partial charge >= 0.3 is 0 Å². The maximum absolute atomic E-state index is 6.19. The molecule has 1 atom stereocenters. The van der Waals surface area contributed by atoms with E-state index in [1.807, 2.05) is 42.5 Å². The second kappa shape index (κ2) is 7.20. The number of hydrogen-bond acceptors (Lipinski definition) is 4. The lowest BCUT2D eigenvalue weighted by Gasteiger charge is -2.22. The smallest absolute Gasteiger partial charge is 0.166 e. The Kier molecular flexibility index (Phi) is 5.31. The van der Waals surface area contributed by atoms with Crippen LogP contribution in [0.25, 0.3) is 0 Å². The zero-order valence-electron chi connectivity index (χ0n) is 12.1. The van der Waals surface area contributed by atoms with E-state index in [0.29, 0.717) is 23.1 Å². The van der Waals surface area contributed by atoms with E-state index in [9.17, 15) is 0 Å². The first kappa shape index (κ1) is 15.5. The molecule has 0 radical (unpaired) electrons. The third-order valence-electron chi connectivity index (χ3n) is 3.25. The Labute approximate surface area is 129 Å². The SMILES string of the molecule is COc1cccc(C(CN)Nc2ccccc2Cl)c1OC. The van der Waals surface area contributed by atoms with Gasteiger partial charge in [-0.1, -0.05) is 35.9 Å². The second-order valence-electron chi connectivity index (χ2n) is 4.50. The molecule has 2 aromatic carbocycles. The summed E-state index contributed by atoms with van der Waals surface area (Å²) in [6, 6.07) is 13.1. The highest BCUT2D eigenvalue weighted by Crippen LogP contribution is 2.36. The molecule has 0 saturated heterocycles. The van der Waals surface area contributed by atoms with Crippen LogP contribution < -0.4 is 20.5 Å². The van der Waals surface area contributed by atoms with Gasteiger partial charge in [0.1, 0.15) is 0 Å². The number of ether oxygens (including phenoxy) is 2. The normalized spacial score (nSPS) is 11.8. The minimum atomic E-state index is -0.130. The lowest BCUT2D eigenvalue weighted by Crippen LogP contribution is -2.21. The van der Waals surface area contributed by atoms with Crippen LogP contribution in [-0.4, -0.2) is 20.8 Å². The van der Waals surface area contributed by atoms with E-state index in [-0.39, 0.29) is 6.04 Å². The van der Waals surface area contributed by atoms with Gasteiger partial charge in [0.05, 0.1) is 31.0 Å². The molecule has 0 saturated carbocycles. The summed E-state index contributed by atoms with van der Waals surface area (Å²) < 4.78 is 10.8. The average molecular weight is 307 g/mol. The number of benzene rings is 2. The number of nitrogens with one attached hydrogen (secondary N) is 1. The molecular weight excluding hydrogens is 288 g/mol. The molecule has 2 aromatic rings. The molecule has 0 aliphatic rings. The number of rotatable bonds is 6. The zero-order chi connectivity index (χ0) is 15.2. The predicted octanol–water partition coefficient (Wildman–Crippen LogP) is 3.47. The van der Waals surface area contributed by atoms with Crippen molar-refractivity contribution in [3.05, 3.63) is 53.1 Å². The Bertz CT molecular complexity index is 605. The molecule has 0 amide bonds. The Balaban J connectivity index is 2.36. The van der Waals surface area contributed by atoms with Gasteiger partial charge in [0.15, 0.2) is 11.5 Å². The Hall–Kier alpha value is -1.91. The van der Waals surface area contributed by atoms with Crippen molar-refractivity contribution >= 4 is 17.3 Å². The first-order chi connectivity index (χ1) is 10.2. The Morgan fingerprint density at radius 2 is 1.86 bits per heavy atom. The van der Waals surface area contributed by atoms with Gasteiger partial charge in [-0.2, -0.15) is 0 Å². The van der Waals surface area contributed by atoms with Crippen molar-refractivity contribution in [2.45, 2.75) is 6.04 Å². The maximum Gasteiger partial charge on any atom is 0.166 e. The van der Waals surface area contributed by atoms with Crippen LogP contribution in [0.3, 0.4) is 0 Å². The van der Waals surface area contributed by atoms with Crippen LogP contribution in [0.1, 0.15) is 11.6 Å². The van der Waals surface area contributed by atoms with Gasteiger partial charge in [0.2, 0.25) is 0 Å². The molecule has 0 aromatic heterocycles. The molecule has 0 bridgehead atoms. The van der Waals surface area contributed by atoms with Crippen LogP contribution in [0.2, 0.25) is 5.02 Å². The van der Waals surface area contributed by atoms with Crippen LogP contribution in [0.4, 0.5) is 5.69 Å². The van der Waals surface area contributed by atoms with Crippen molar-refractivity contribution in [2.24, 2.45) is 5.73 Å². The molecule has 112 valence electrons. The molecule has 5 heteroatoms. The molecule has 2 rings (SSSR count). The molecular formula is C16H19ClN2O2. The van der Waals surface area contributed by atoms with Gasteiger partial charge in [-0.25, -0.2) is 0 Å². The highest BCUT2D eigenvalue weighted by molar-refractivity contribution is 6.33. The first-order valence-electron chi connectivity index (χ1n) is 6.63. The van der Waals surface area contributed by atoms with Gasteiger partial charge in [-0.15, -0.1) is 0 Å². The minimum absolute atomic E-state index is 0.130. The molecule has 4 nitrogen and oxygen atoms in total. The quantitative estimate of drug-likeness (QED) is 0.858. The highest BCUT2D eigenvalue weighted by atomic mass is 35.5. The van der Waals surface area contributed by atoms with E-state index in [1.165, 1.54) is 0 Å². The Morgan fingerprint density at radius 3 is 2.48 bits per heavy atom.